The van der Waals surface area contributed by atoms with Crippen molar-refractivity contribution in [1.82, 2.24) is 29.6 Å². The van der Waals surface area contributed by atoms with Gasteiger partial charge in [-0.3, -0.25) is 9.58 Å². The maximum Gasteiger partial charge on any atom is 0.419 e. The van der Waals surface area contributed by atoms with Crippen LogP contribution in [0.4, 0.5) is 19.0 Å². The lowest BCUT2D eigenvalue weighted by molar-refractivity contribution is -0.137. The Bertz CT molecular complexity index is 1130. The molecule has 2 atom stereocenters. The number of alkyl halides is 3. The van der Waals surface area contributed by atoms with Crippen molar-refractivity contribution < 1.29 is 13.2 Å². The number of pyridine rings is 1. The molecule has 5 heterocycles. The van der Waals surface area contributed by atoms with E-state index in [0.29, 0.717) is 11.3 Å². The molecule has 0 radical (unpaired) electrons. The van der Waals surface area contributed by atoms with Crippen LogP contribution in [0.2, 0.25) is 0 Å². The molecule has 3 aromatic heterocycles. The van der Waals surface area contributed by atoms with Gasteiger partial charge in [-0.15, -0.1) is 0 Å². The number of hydrogen-bond acceptors (Lipinski definition) is 5. The Labute approximate surface area is 177 Å². The SMILES string of the molecule is Cc1c[nH]c(C(C)N2CC[C@@]3(CCn4nc(-c5cnc(N)c(C(F)(F)F)c5)cc43)C2)n1. The third-order valence-corrected chi connectivity index (χ3v) is 6.70. The van der Waals surface area contributed by atoms with E-state index in [-0.39, 0.29) is 11.5 Å². The van der Waals surface area contributed by atoms with Gasteiger partial charge in [0, 0.05) is 42.2 Å². The predicted molar refractivity (Wildman–Crippen MR) is 109 cm³/mol. The number of aromatic nitrogens is 5. The fraction of sp³-hybridized carbons (Fsp3) is 0.476. The number of hydrogen-bond donors (Lipinski definition) is 2. The summed E-state index contributed by atoms with van der Waals surface area (Å²) in [4.78, 5) is 14.0. The highest BCUT2D eigenvalue weighted by atomic mass is 19.4. The topological polar surface area (TPSA) is 88.7 Å². The van der Waals surface area contributed by atoms with Crippen molar-refractivity contribution in [2.45, 2.75) is 50.9 Å². The Kier molecular flexibility index (Phi) is 4.40. The average Bonchev–Trinajstić information content (AvgIpc) is 3.47. The van der Waals surface area contributed by atoms with Gasteiger partial charge < -0.3 is 10.7 Å². The van der Waals surface area contributed by atoms with Gasteiger partial charge >= 0.3 is 6.18 Å². The number of fused-ring (bicyclic) bond motifs is 2. The Hall–Kier alpha value is -2.88. The summed E-state index contributed by atoms with van der Waals surface area (Å²) in [5.74, 6) is 0.433. The molecule has 0 saturated carbocycles. The first kappa shape index (κ1) is 20.0. The number of nitrogens with one attached hydrogen (secondary N) is 1. The molecule has 31 heavy (non-hydrogen) atoms. The number of nitrogens with two attached hydrogens (primary N) is 1. The first-order valence-corrected chi connectivity index (χ1v) is 10.3. The molecule has 0 aromatic carbocycles. The normalized spacial score (nSPS) is 22.4. The van der Waals surface area contributed by atoms with Crippen molar-refractivity contribution in [3.05, 3.63) is 47.3 Å². The van der Waals surface area contributed by atoms with E-state index in [1.165, 1.54) is 6.20 Å². The van der Waals surface area contributed by atoms with Crippen molar-refractivity contribution in [2.75, 3.05) is 18.8 Å². The van der Waals surface area contributed by atoms with E-state index in [2.05, 4.69) is 31.9 Å². The molecule has 0 aliphatic carbocycles. The van der Waals surface area contributed by atoms with Gasteiger partial charge in [-0.2, -0.15) is 18.3 Å². The molecule has 7 nitrogen and oxygen atoms in total. The molecule has 164 valence electrons. The van der Waals surface area contributed by atoms with Crippen LogP contribution in [0.3, 0.4) is 0 Å². The Morgan fingerprint density at radius 1 is 1.23 bits per heavy atom. The number of nitrogens with zero attached hydrogens (tertiary/aromatic N) is 5. The van der Waals surface area contributed by atoms with E-state index in [4.69, 9.17) is 5.73 Å². The van der Waals surface area contributed by atoms with Crippen molar-refractivity contribution in [3.8, 4) is 11.3 Å². The molecule has 1 unspecified atom stereocenters. The lowest BCUT2D eigenvalue weighted by Gasteiger charge is -2.26. The summed E-state index contributed by atoms with van der Waals surface area (Å²) < 4.78 is 41.7. The molecule has 3 N–H and O–H groups in total. The summed E-state index contributed by atoms with van der Waals surface area (Å²) in [6, 6.07) is 3.13. The second-order valence-electron chi connectivity index (χ2n) is 8.65. The standard InChI is InChI=1S/C21H24F3N7/c1-12-9-27-19(28-12)13(2)30-5-3-20(11-30)4-6-31-17(20)8-16(29-31)14-7-15(21(22,23)24)18(25)26-10-14/h7-10,13H,3-6,11H2,1-2H3,(H2,25,26)(H,27,28)/t13?,20-/m1/s1. The highest BCUT2D eigenvalue weighted by Crippen LogP contribution is 2.45. The summed E-state index contributed by atoms with van der Waals surface area (Å²) in [5.41, 5.74) is 7.34. The third-order valence-electron chi connectivity index (χ3n) is 6.70. The minimum Gasteiger partial charge on any atom is -0.383 e. The quantitative estimate of drug-likeness (QED) is 0.660. The Morgan fingerprint density at radius 2 is 2.00 bits per heavy atom. The molecule has 10 heteroatoms. The summed E-state index contributed by atoms with van der Waals surface area (Å²) >= 11 is 0. The van der Waals surface area contributed by atoms with Crippen LogP contribution in [-0.2, 0) is 18.1 Å². The second kappa shape index (κ2) is 6.81. The van der Waals surface area contributed by atoms with Crippen LogP contribution >= 0.6 is 0 Å². The van der Waals surface area contributed by atoms with Crippen LogP contribution in [0, 0.1) is 6.92 Å². The fourth-order valence-electron chi connectivity index (χ4n) is 4.91. The lowest BCUT2D eigenvalue weighted by Crippen LogP contribution is -2.31. The smallest absolute Gasteiger partial charge is 0.383 e. The average molecular weight is 431 g/mol. The maximum atomic E-state index is 13.2. The number of anilines is 1. The van der Waals surface area contributed by atoms with Crippen molar-refractivity contribution in [3.63, 3.8) is 0 Å². The molecular weight excluding hydrogens is 407 g/mol. The molecule has 0 amide bonds. The van der Waals surface area contributed by atoms with Crippen LogP contribution < -0.4 is 5.73 Å². The number of halogens is 3. The van der Waals surface area contributed by atoms with Gasteiger partial charge in [0.15, 0.2) is 0 Å². The maximum absolute atomic E-state index is 13.2. The fourth-order valence-corrected chi connectivity index (χ4v) is 4.91. The van der Waals surface area contributed by atoms with E-state index >= 15 is 0 Å². The summed E-state index contributed by atoms with van der Waals surface area (Å²) in [6.45, 7) is 6.67. The lowest BCUT2D eigenvalue weighted by atomic mass is 9.82. The van der Waals surface area contributed by atoms with Crippen LogP contribution in [0.1, 0.15) is 48.6 Å². The zero-order valence-electron chi connectivity index (χ0n) is 17.4. The molecule has 2 aliphatic rings. The number of likely N-dealkylation sites (tertiary alicyclic amines) is 1. The van der Waals surface area contributed by atoms with Gasteiger partial charge in [-0.05, 0) is 45.4 Å². The van der Waals surface area contributed by atoms with E-state index in [9.17, 15) is 13.2 Å². The molecule has 1 saturated heterocycles. The highest BCUT2D eigenvalue weighted by Gasteiger charge is 2.47. The summed E-state index contributed by atoms with van der Waals surface area (Å²) in [5, 5.41) is 4.60. The van der Waals surface area contributed by atoms with Gasteiger partial charge in [0.2, 0.25) is 0 Å². The third kappa shape index (κ3) is 3.29. The Morgan fingerprint density at radius 3 is 2.71 bits per heavy atom. The molecule has 0 bridgehead atoms. The van der Waals surface area contributed by atoms with Crippen molar-refractivity contribution in [1.29, 1.82) is 0 Å². The molecule has 1 spiro atoms. The van der Waals surface area contributed by atoms with Gasteiger partial charge in [-0.1, -0.05) is 0 Å². The molecular formula is C21H24F3N7. The van der Waals surface area contributed by atoms with Gasteiger partial charge in [-0.25, -0.2) is 9.97 Å². The van der Waals surface area contributed by atoms with Crippen LogP contribution in [0.25, 0.3) is 11.3 Å². The molecule has 5 rings (SSSR count). The van der Waals surface area contributed by atoms with E-state index in [1.807, 2.05) is 23.9 Å². The van der Waals surface area contributed by atoms with Crippen molar-refractivity contribution in [2.24, 2.45) is 0 Å². The predicted octanol–water partition coefficient (Wildman–Crippen LogP) is 3.69. The van der Waals surface area contributed by atoms with Gasteiger partial charge in [0.25, 0.3) is 0 Å². The van der Waals surface area contributed by atoms with E-state index < -0.39 is 17.6 Å². The zero-order valence-corrected chi connectivity index (χ0v) is 17.4. The van der Waals surface area contributed by atoms with E-state index in [0.717, 1.165) is 55.8 Å². The number of rotatable bonds is 3. The summed E-state index contributed by atoms with van der Waals surface area (Å²) in [7, 11) is 0. The first-order valence-electron chi connectivity index (χ1n) is 10.3. The molecule has 3 aromatic rings. The van der Waals surface area contributed by atoms with Crippen LogP contribution in [0.5, 0.6) is 0 Å². The zero-order chi connectivity index (χ0) is 22.0. The molecule has 2 aliphatic heterocycles. The minimum atomic E-state index is -4.55. The minimum absolute atomic E-state index is 0.0464. The highest BCUT2D eigenvalue weighted by molar-refractivity contribution is 5.63. The molecule has 1 fully saturated rings. The van der Waals surface area contributed by atoms with E-state index in [1.54, 1.807) is 0 Å². The Balaban J connectivity index is 1.43. The van der Waals surface area contributed by atoms with Gasteiger partial charge in [0.1, 0.15) is 11.6 Å². The first-order chi connectivity index (χ1) is 14.7. The second-order valence-corrected chi connectivity index (χ2v) is 8.65. The number of nitrogen functional groups attached to an aromatic ring is 1. The monoisotopic (exact) mass is 431 g/mol. The number of imidazole rings is 1. The van der Waals surface area contributed by atoms with Crippen molar-refractivity contribution >= 4 is 5.82 Å². The van der Waals surface area contributed by atoms with Gasteiger partial charge in [0.05, 0.1) is 23.0 Å². The number of aryl methyl sites for hydroxylation is 2. The largest absolute Gasteiger partial charge is 0.419 e. The van der Waals surface area contributed by atoms with Crippen LogP contribution in [0.15, 0.2) is 24.5 Å². The summed E-state index contributed by atoms with van der Waals surface area (Å²) in [6.07, 6.45) is 0.671. The number of aromatic amines is 1. The number of H-pyrrole nitrogens is 1. The van der Waals surface area contributed by atoms with Crippen LogP contribution in [-0.4, -0.2) is 42.7 Å².